The smallest absolute Gasteiger partial charge is 0.239 e. The lowest BCUT2D eigenvalue weighted by Crippen LogP contribution is -2.24. The van der Waals surface area contributed by atoms with E-state index in [2.05, 4.69) is 10.3 Å². The van der Waals surface area contributed by atoms with Crippen LogP contribution in [0.3, 0.4) is 0 Å². The first kappa shape index (κ1) is 13.7. The molecule has 2 aromatic rings. The molecule has 0 aliphatic carbocycles. The number of carbonyl (C=O) groups is 1. The Morgan fingerprint density at radius 1 is 1.53 bits per heavy atom. The SMILES string of the molecule is CNC(=O)Cn1c(C(C)Cl)nc2ccc(F)c(F)c21. The standard InChI is InChI=1S/C12H12ClF2N3O/c1-6(13)12-17-8-4-3-7(14)10(15)11(8)18(12)5-9(19)16-2/h3-4,6H,5H2,1-2H3,(H,16,19). The number of amides is 1. The van der Waals surface area contributed by atoms with Crippen LogP contribution < -0.4 is 5.32 Å². The minimum Gasteiger partial charge on any atom is -0.358 e. The van der Waals surface area contributed by atoms with Crippen LogP contribution in [0.15, 0.2) is 12.1 Å². The van der Waals surface area contributed by atoms with E-state index in [1.807, 2.05) is 0 Å². The Bertz CT molecular complexity index is 639. The summed E-state index contributed by atoms with van der Waals surface area (Å²) < 4.78 is 28.5. The Morgan fingerprint density at radius 3 is 2.79 bits per heavy atom. The van der Waals surface area contributed by atoms with Gasteiger partial charge in [0.05, 0.1) is 10.9 Å². The lowest BCUT2D eigenvalue weighted by atomic mass is 10.3. The van der Waals surface area contributed by atoms with Crippen LogP contribution in [0.25, 0.3) is 11.0 Å². The van der Waals surface area contributed by atoms with E-state index in [1.165, 1.54) is 17.7 Å². The molecule has 0 bridgehead atoms. The second-order valence-electron chi connectivity index (χ2n) is 4.07. The van der Waals surface area contributed by atoms with Crippen LogP contribution in [0, 0.1) is 11.6 Å². The van der Waals surface area contributed by atoms with Crippen LogP contribution in [0.5, 0.6) is 0 Å². The Kier molecular flexibility index (Phi) is 3.71. The maximum absolute atomic E-state index is 13.9. The maximum atomic E-state index is 13.9. The number of carbonyl (C=O) groups excluding carboxylic acids is 1. The van der Waals surface area contributed by atoms with Crippen molar-refractivity contribution >= 4 is 28.5 Å². The normalized spacial score (nSPS) is 12.7. The van der Waals surface area contributed by atoms with Gasteiger partial charge in [0, 0.05) is 7.05 Å². The zero-order valence-corrected chi connectivity index (χ0v) is 11.1. The van der Waals surface area contributed by atoms with Gasteiger partial charge >= 0.3 is 0 Å². The Balaban J connectivity index is 2.71. The molecule has 1 aromatic carbocycles. The Morgan fingerprint density at radius 2 is 2.21 bits per heavy atom. The summed E-state index contributed by atoms with van der Waals surface area (Å²) >= 11 is 5.97. The van der Waals surface area contributed by atoms with Crippen molar-refractivity contribution in [2.75, 3.05) is 7.05 Å². The second kappa shape index (κ2) is 5.13. The lowest BCUT2D eigenvalue weighted by molar-refractivity contribution is -0.121. The third kappa shape index (κ3) is 2.40. The van der Waals surface area contributed by atoms with Gasteiger partial charge in [0.15, 0.2) is 11.6 Å². The maximum Gasteiger partial charge on any atom is 0.239 e. The van der Waals surface area contributed by atoms with E-state index in [9.17, 15) is 13.6 Å². The number of hydrogen-bond donors (Lipinski definition) is 1. The molecule has 1 N–H and O–H groups in total. The fourth-order valence-electron chi connectivity index (χ4n) is 1.86. The van der Waals surface area contributed by atoms with E-state index < -0.39 is 17.0 Å². The van der Waals surface area contributed by atoms with E-state index in [1.54, 1.807) is 6.92 Å². The molecule has 0 fully saturated rings. The van der Waals surface area contributed by atoms with Crippen LogP contribution in [-0.4, -0.2) is 22.5 Å². The molecule has 19 heavy (non-hydrogen) atoms. The number of benzene rings is 1. The highest BCUT2D eigenvalue weighted by Crippen LogP contribution is 2.27. The molecule has 102 valence electrons. The van der Waals surface area contributed by atoms with Crippen molar-refractivity contribution in [2.24, 2.45) is 0 Å². The Labute approximate surface area is 113 Å². The first-order valence-electron chi connectivity index (χ1n) is 5.64. The highest BCUT2D eigenvalue weighted by atomic mass is 35.5. The summed E-state index contributed by atoms with van der Waals surface area (Å²) in [6, 6.07) is 2.36. The van der Waals surface area contributed by atoms with Gasteiger partial charge in [-0.2, -0.15) is 0 Å². The van der Waals surface area contributed by atoms with Crippen LogP contribution in [-0.2, 0) is 11.3 Å². The number of likely N-dealkylation sites (N-methyl/N-ethyl adjacent to an activating group) is 1. The molecule has 4 nitrogen and oxygen atoms in total. The third-order valence-corrected chi connectivity index (χ3v) is 2.96. The summed E-state index contributed by atoms with van der Waals surface area (Å²) in [7, 11) is 1.46. The van der Waals surface area contributed by atoms with Gasteiger partial charge in [-0.05, 0) is 19.1 Å². The highest BCUT2D eigenvalue weighted by Gasteiger charge is 2.21. The van der Waals surface area contributed by atoms with Crippen molar-refractivity contribution in [1.29, 1.82) is 0 Å². The molecule has 1 aromatic heterocycles. The number of rotatable bonds is 3. The predicted molar refractivity (Wildman–Crippen MR) is 68.0 cm³/mol. The van der Waals surface area contributed by atoms with E-state index in [4.69, 9.17) is 11.6 Å². The fourth-order valence-corrected chi connectivity index (χ4v) is 2.03. The number of nitrogens with one attached hydrogen (secondary N) is 1. The molecule has 0 saturated heterocycles. The molecular formula is C12H12ClF2N3O. The zero-order valence-electron chi connectivity index (χ0n) is 10.4. The van der Waals surface area contributed by atoms with Crippen molar-refractivity contribution in [3.8, 4) is 0 Å². The molecule has 2 rings (SSSR count). The minimum atomic E-state index is -1.03. The molecule has 0 spiro atoms. The number of imidazole rings is 1. The molecule has 7 heteroatoms. The van der Waals surface area contributed by atoms with Crippen molar-refractivity contribution in [2.45, 2.75) is 18.8 Å². The van der Waals surface area contributed by atoms with Crippen LogP contribution in [0.1, 0.15) is 18.1 Å². The lowest BCUT2D eigenvalue weighted by Gasteiger charge is -2.09. The van der Waals surface area contributed by atoms with Gasteiger partial charge < -0.3 is 9.88 Å². The van der Waals surface area contributed by atoms with Crippen molar-refractivity contribution in [1.82, 2.24) is 14.9 Å². The van der Waals surface area contributed by atoms with Gasteiger partial charge in [-0.15, -0.1) is 11.6 Å². The molecule has 0 aliphatic rings. The summed E-state index contributed by atoms with van der Waals surface area (Å²) in [5.41, 5.74) is 0.219. The summed E-state index contributed by atoms with van der Waals surface area (Å²) in [5.74, 6) is -2.04. The first-order chi connectivity index (χ1) is 8.95. The van der Waals surface area contributed by atoms with Gasteiger partial charge in [-0.3, -0.25) is 4.79 Å². The number of aromatic nitrogens is 2. The summed E-state index contributed by atoms with van der Waals surface area (Å²) in [6.07, 6.45) is 0. The largest absolute Gasteiger partial charge is 0.358 e. The zero-order chi connectivity index (χ0) is 14.2. The van der Waals surface area contributed by atoms with Crippen molar-refractivity contribution in [3.63, 3.8) is 0 Å². The van der Waals surface area contributed by atoms with Crippen molar-refractivity contribution in [3.05, 3.63) is 29.6 Å². The van der Waals surface area contributed by atoms with Crippen LogP contribution in [0.2, 0.25) is 0 Å². The molecule has 0 saturated carbocycles. The van der Waals surface area contributed by atoms with Gasteiger partial charge in [0.25, 0.3) is 0 Å². The second-order valence-corrected chi connectivity index (χ2v) is 4.73. The van der Waals surface area contributed by atoms with Crippen LogP contribution in [0.4, 0.5) is 8.78 Å². The predicted octanol–water partition coefficient (Wildman–Crippen LogP) is 2.36. The summed E-state index contributed by atoms with van der Waals surface area (Å²) in [4.78, 5) is 15.6. The molecule has 1 unspecified atom stereocenters. The van der Waals surface area contributed by atoms with Crippen molar-refractivity contribution < 1.29 is 13.6 Å². The monoisotopic (exact) mass is 287 g/mol. The number of halogens is 3. The number of alkyl halides is 1. The average molecular weight is 288 g/mol. The molecule has 1 amide bonds. The topological polar surface area (TPSA) is 46.9 Å². The van der Waals surface area contributed by atoms with E-state index >= 15 is 0 Å². The van der Waals surface area contributed by atoms with E-state index in [0.717, 1.165) is 6.07 Å². The fraction of sp³-hybridized carbons (Fsp3) is 0.333. The molecule has 1 heterocycles. The van der Waals surface area contributed by atoms with Gasteiger partial charge in [-0.25, -0.2) is 13.8 Å². The number of fused-ring (bicyclic) bond motifs is 1. The molecule has 0 aliphatic heterocycles. The van der Waals surface area contributed by atoms with E-state index in [-0.39, 0.29) is 23.5 Å². The molecular weight excluding hydrogens is 276 g/mol. The highest BCUT2D eigenvalue weighted by molar-refractivity contribution is 6.20. The quantitative estimate of drug-likeness (QED) is 0.881. The molecule has 1 atom stereocenters. The number of nitrogens with zero attached hydrogens (tertiary/aromatic N) is 2. The third-order valence-electron chi connectivity index (χ3n) is 2.77. The average Bonchev–Trinajstić information content (AvgIpc) is 2.73. The minimum absolute atomic E-state index is 0.0499. The van der Waals surface area contributed by atoms with Gasteiger partial charge in [0.1, 0.15) is 17.9 Å². The molecule has 0 radical (unpaired) electrons. The van der Waals surface area contributed by atoms with Crippen LogP contribution >= 0.6 is 11.6 Å². The van der Waals surface area contributed by atoms with Gasteiger partial charge in [-0.1, -0.05) is 0 Å². The van der Waals surface area contributed by atoms with Gasteiger partial charge in [0.2, 0.25) is 5.91 Å². The van der Waals surface area contributed by atoms with E-state index in [0.29, 0.717) is 5.82 Å². The summed E-state index contributed by atoms with van der Waals surface area (Å²) in [6.45, 7) is 1.48. The number of hydrogen-bond acceptors (Lipinski definition) is 2. The summed E-state index contributed by atoms with van der Waals surface area (Å²) in [5, 5.41) is 1.89. The Hall–Kier alpha value is -1.69. The first-order valence-corrected chi connectivity index (χ1v) is 6.08.